The van der Waals surface area contributed by atoms with Crippen molar-refractivity contribution in [2.75, 3.05) is 19.6 Å². The zero-order chi connectivity index (χ0) is 9.19. The molecule has 0 saturated carbocycles. The molecule has 12 heavy (non-hydrogen) atoms. The second-order valence-corrected chi connectivity index (χ2v) is 4.45. The van der Waals surface area contributed by atoms with Crippen molar-refractivity contribution in [3.05, 3.63) is 0 Å². The minimum absolute atomic E-state index is 0.318. The van der Waals surface area contributed by atoms with Crippen LogP contribution in [0.4, 0.5) is 0 Å². The predicted molar refractivity (Wildman–Crippen MR) is 53.3 cm³/mol. The van der Waals surface area contributed by atoms with Crippen molar-refractivity contribution in [1.29, 1.82) is 0 Å². The zero-order valence-electron chi connectivity index (χ0n) is 8.78. The molecule has 1 aliphatic rings. The van der Waals surface area contributed by atoms with E-state index in [0.29, 0.717) is 17.4 Å². The summed E-state index contributed by atoms with van der Waals surface area (Å²) in [5, 5.41) is 7.14. The van der Waals surface area contributed by atoms with Crippen LogP contribution < -0.4 is 10.6 Å². The monoisotopic (exact) mass is 170 g/mol. The molecule has 2 N–H and O–H groups in total. The van der Waals surface area contributed by atoms with Gasteiger partial charge in [-0.1, -0.05) is 27.7 Å². The Kier molecular flexibility index (Phi) is 3.13. The molecule has 0 spiro atoms. The van der Waals surface area contributed by atoms with Crippen LogP contribution >= 0.6 is 0 Å². The first-order valence-electron chi connectivity index (χ1n) is 5.05. The van der Waals surface area contributed by atoms with Gasteiger partial charge in [0.15, 0.2) is 0 Å². The van der Waals surface area contributed by atoms with Gasteiger partial charge in [0.2, 0.25) is 0 Å². The third kappa shape index (κ3) is 1.64. The molecule has 0 aromatic rings. The molecule has 0 radical (unpaired) electrons. The van der Waals surface area contributed by atoms with Crippen LogP contribution in [0.3, 0.4) is 0 Å². The number of rotatable bonds is 2. The van der Waals surface area contributed by atoms with E-state index < -0.39 is 0 Å². The van der Waals surface area contributed by atoms with Gasteiger partial charge in [-0.05, 0) is 11.8 Å². The van der Waals surface area contributed by atoms with Crippen molar-refractivity contribution >= 4 is 0 Å². The van der Waals surface area contributed by atoms with Gasteiger partial charge in [-0.15, -0.1) is 0 Å². The van der Waals surface area contributed by atoms with Crippen molar-refractivity contribution in [2.45, 2.75) is 33.2 Å². The summed E-state index contributed by atoms with van der Waals surface area (Å²) < 4.78 is 0. The van der Waals surface area contributed by atoms with Gasteiger partial charge in [-0.25, -0.2) is 0 Å². The fraction of sp³-hybridized carbons (Fsp3) is 1.00. The molecule has 1 saturated heterocycles. The molecular weight excluding hydrogens is 148 g/mol. The highest BCUT2D eigenvalue weighted by molar-refractivity contribution is 4.98. The number of piperazine rings is 1. The average molecular weight is 170 g/mol. The average Bonchev–Trinajstić information content (AvgIpc) is 2.05. The second-order valence-electron chi connectivity index (χ2n) is 4.45. The van der Waals surface area contributed by atoms with Gasteiger partial charge in [0.1, 0.15) is 0 Å². The summed E-state index contributed by atoms with van der Waals surface area (Å²) >= 11 is 0. The summed E-state index contributed by atoms with van der Waals surface area (Å²) in [6.45, 7) is 12.6. The lowest BCUT2D eigenvalue weighted by atomic mass is 9.76. The Morgan fingerprint density at radius 3 is 1.83 bits per heavy atom. The summed E-state index contributed by atoms with van der Waals surface area (Å²) in [7, 11) is 0. The van der Waals surface area contributed by atoms with E-state index in [9.17, 15) is 0 Å². The van der Waals surface area contributed by atoms with E-state index in [1.165, 1.54) is 0 Å². The van der Waals surface area contributed by atoms with Crippen LogP contribution in [0.2, 0.25) is 0 Å². The Morgan fingerprint density at radius 2 is 1.58 bits per heavy atom. The quantitative estimate of drug-likeness (QED) is 0.651. The molecule has 0 aromatic heterocycles. The minimum Gasteiger partial charge on any atom is -0.314 e. The molecule has 1 aliphatic heterocycles. The Hall–Kier alpha value is -0.0800. The summed E-state index contributed by atoms with van der Waals surface area (Å²) in [6.07, 6.45) is 0. The van der Waals surface area contributed by atoms with Gasteiger partial charge in [-0.2, -0.15) is 0 Å². The fourth-order valence-corrected chi connectivity index (χ4v) is 2.22. The van der Waals surface area contributed by atoms with Crippen LogP contribution in [-0.4, -0.2) is 25.2 Å². The highest BCUT2D eigenvalue weighted by atomic mass is 15.1. The van der Waals surface area contributed by atoms with E-state index in [1.807, 2.05) is 0 Å². The van der Waals surface area contributed by atoms with E-state index in [0.717, 1.165) is 19.6 Å². The van der Waals surface area contributed by atoms with Gasteiger partial charge < -0.3 is 10.6 Å². The first-order chi connectivity index (χ1) is 5.59. The maximum absolute atomic E-state index is 3.67. The van der Waals surface area contributed by atoms with Crippen LogP contribution in [0.1, 0.15) is 27.7 Å². The highest BCUT2D eigenvalue weighted by Crippen LogP contribution is 2.26. The fourth-order valence-electron chi connectivity index (χ4n) is 2.22. The van der Waals surface area contributed by atoms with Crippen LogP contribution in [0.15, 0.2) is 0 Å². The molecule has 1 rings (SSSR count). The van der Waals surface area contributed by atoms with Crippen molar-refractivity contribution < 1.29 is 0 Å². The number of hydrogen-bond acceptors (Lipinski definition) is 2. The molecule has 0 unspecified atom stereocenters. The summed E-state index contributed by atoms with van der Waals surface area (Å²) in [5.41, 5.74) is 0.318. The smallest absolute Gasteiger partial charge is 0.0352 e. The van der Waals surface area contributed by atoms with Crippen molar-refractivity contribution in [3.63, 3.8) is 0 Å². The summed E-state index contributed by atoms with van der Waals surface area (Å²) in [4.78, 5) is 0. The Morgan fingerprint density at radius 1 is 1.00 bits per heavy atom. The normalized spacial score (nSPS) is 23.5. The molecule has 2 nitrogen and oxygen atoms in total. The Balaban J connectivity index is 2.70. The van der Waals surface area contributed by atoms with Crippen molar-refractivity contribution in [2.24, 2.45) is 11.8 Å². The molecular formula is C10H22N2. The van der Waals surface area contributed by atoms with E-state index >= 15 is 0 Å². The SMILES string of the molecule is CC(C)C1(C(C)C)CNCCN1. The second kappa shape index (κ2) is 3.75. The van der Waals surface area contributed by atoms with E-state index in [2.05, 4.69) is 38.3 Å². The largest absolute Gasteiger partial charge is 0.314 e. The standard InChI is InChI=1S/C10H22N2/c1-8(2)10(9(3)4)7-11-5-6-12-10/h8-9,11-12H,5-7H2,1-4H3. The van der Waals surface area contributed by atoms with E-state index in [4.69, 9.17) is 0 Å². The van der Waals surface area contributed by atoms with Crippen LogP contribution in [0, 0.1) is 11.8 Å². The number of hydrogen-bond donors (Lipinski definition) is 2. The van der Waals surface area contributed by atoms with Gasteiger partial charge in [0.25, 0.3) is 0 Å². The zero-order valence-corrected chi connectivity index (χ0v) is 8.78. The lowest BCUT2D eigenvalue weighted by molar-refractivity contribution is 0.139. The highest BCUT2D eigenvalue weighted by Gasteiger charge is 2.37. The maximum atomic E-state index is 3.67. The Labute approximate surface area is 76.1 Å². The minimum atomic E-state index is 0.318. The van der Waals surface area contributed by atoms with Gasteiger partial charge in [0, 0.05) is 25.2 Å². The molecule has 1 fully saturated rings. The summed E-state index contributed by atoms with van der Waals surface area (Å²) in [6, 6.07) is 0. The van der Waals surface area contributed by atoms with Gasteiger partial charge in [-0.3, -0.25) is 0 Å². The van der Waals surface area contributed by atoms with Gasteiger partial charge in [0.05, 0.1) is 0 Å². The third-order valence-corrected chi connectivity index (χ3v) is 3.23. The topological polar surface area (TPSA) is 24.1 Å². The maximum Gasteiger partial charge on any atom is 0.0352 e. The number of nitrogens with one attached hydrogen (secondary N) is 2. The van der Waals surface area contributed by atoms with Crippen molar-refractivity contribution in [1.82, 2.24) is 10.6 Å². The van der Waals surface area contributed by atoms with E-state index in [1.54, 1.807) is 0 Å². The van der Waals surface area contributed by atoms with Crippen LogP contribution in [-0.2, 0) is 0 Å². The van der Waals surface area contributed by atoms with E-state index in [-0.39, 0.29) is 0 Å². The molecule has 0 aliphatic carbocycles. The van der Waals surface area contributed by atoms with Crippen molar-refractivity contribution in [3.8, 4) is 0 Å². The third-order valence-electron chi connectivity index (χ3n) is 3.23. The van der Waals surface area contributed by atoms with Gasteiger partial charge >= 0.3 is 0 Å². The lowest BCUT2D eigenvalue weighted by Crippen LogP contribution is -2.64. The van der Waals surface area contributed by atoms with Crippen LogP contribution in [0.5, 0.6) is 0 Å². The molecule has 0 atom stereocenters. The van der Waals surface area contributed by atoms with Crippen LogP contribution in [0.25, 0.3) is 0 Å². The Bertz CT molecular complexity index is 125. The molecule has 0 aromatic carbocycles. The first-order valence-corrected chi connectivity index (χ1v) is 5.05. The molecule has 72 valence electrons. The lowest BCUT2D eigenvalue weighted by Gasteiger charge is -2.45. The summed E-state index contributed by atoms with van der Waals surface area (Å²) in [5.74, 6) is 1.40. The first kappa shape index (κ1) is 10.0. The molecule has 1 heterocycles. The molecule has 0 bridgehead atoms. The predicted octanol–water partition coefficient (Wildman–Crippen LogP) is 1.23. The molecule has 0 amide bonds. The molecule has 2 heteroatoms.